The molecule has 13 heavy (non-hydrogen) atoms. The Kier molecular flexibility index (Phi) is 3.59. The molecule has 0 aliphatic heterocycles. The zero-order valence-electron chi connectivity index (χ0n) is 7.22. The van der Waals surface area contributed by atoms with Crippen LogP contribution < -0.4 is 0 Å². The molecule has 0 aliphatic rings. The molecule has 68 valence electrons. The summed E-state index contributed by atoms with van der Waals surface area (Å²) in [6.07, 6.45) is 0.771. The van der Waals surface area contributed by atoms with Crippen molar-refractivity contribution in [3.05, 3.63) is 33.8 Å². The normalized spacial score (nSPS) is 12.2. The highest BCUT2D eigenvalue weighted by Crippen LogP contribution is 2.25. The molecule has 1 rings (SSSR count). The van der Waals surface area contributed by atoms with Crippen LogP contribution in [-0.4, -0.2) is 0 Å². The molecule has 0 heterocycles. The average molecular weight is 214 g/mol. The number of halogens is 2. The van der Waals surface area contributed by atoms with Crippen LogP contribution in [0.2, 0.25) is 10.0 Å². The minimum Gasteiger partial charge on any atom is -0.198 e. The van der Waals surface area contributed by atoms with Crippen LogP contribution in [0.3, 0.4) is 0 Å². The topological polar surface area (TPSA) is 23.8 Å². The highest BCUT2D eigenvalue weighted by atomic mass is 35.5. The largest absolute Gasteiger partial charge is 0.198 e. The van der Waals surface area contributed by atoms with Gasteiger partial charge in [-0.2, -0.15) is 5.26 Å². The van der Waals surface area contributed by atoms with Gasteiger partial charge in [-0.25, -0.2) is 0 Å². The lowest BCUT2D eigenvalue weighted by Crippen LogP contribution is -1.93. The van der Waals surface area contributed by atoms with E-state index < -0.39 is 0 Å². The molecule has 3 heteroatoms. The fourth-order valence-electron chi connectivity index (χ4n) is 1.18. The third-order valence-corrected chi connectivity index (χ3v) is 2.29. The lowest BCUT2D eigenvalue weighted by molar-refractivity contribution is 0.818. The Morgan fingerprint density at radius 1 is 1.31 bits per heavy atom. The Morgan fingerprint density at radius 3 is 2.23 bits per heavy atom. The number of hydrogen-bond acceptors (Lipinski definition) is 1. The van der Waals surface area contributed by atoms with Crippen LogP contribution in [0.1, 0.15) is 24.8 Å². The fraction of sp³-hybridized carbons (Fsp3) is 0.300. The average Bonchev–Trinajstić information content (AvgIpc) is 2.04. The monoisotopic (exact) mass is 213 g/mol. The quantitative estimate of drug-likeness (QED) is 0.729. The van der Waals surface area contributed by atoms with Gasteiger partial charge in [0.2, 0.25) is 0 Å². The lowest BCUT2D eigenvalue weighted by atomic mass is 9.98. The maximum atomic E-state index is 8.83. The fourth-order valence-corrected chi connectivity index (χ4v) is 1.72. The van der Waals surface area contributed by atoms with E-state index in [2.05, 4.69) is 6.07 Å². The molecule has 0 aromatic heterocycles. The first-order valence-corrected chi connectivity index (χ1v) is 4.78. The zero-order valence-corrected chi connectivity index (χ0v) is 8.73. The zero-order chi connectivity index (χ0) is 9.84. The van der Waals surface area contributed by atoms with Crippen molar-refractivity contribution in [2.45, 2.75) is 19.3 Å². The molecule has 1 aromatic rings. The Labute approximate surface area is 87.9 Å². The molecule has 0 radical (unpaired) electrons. The third kappa shape index (κ3) is 2.62. The van der Waals surface area contributed by atoms with Crippen LogP contribution in [0.4, 0.5) is 0 Å². The molecule has 0 spiro atoms. The molecule has 1 atom stereocenters. The summed E-state index contributed by atoms with van der Waals surface area (Å²) in [5.74, 6) is -0.115. The van der Waals surface area contributed by atoms with Gasteiger partial charge >= 0.3 is 0 Å². The van der Waals surface area contributed by atoms with Gasteiger partial charge < -0.3 is 0 Å². The van der Waals surface area contributed by atoms with Gasteiger partial charge in [-0.1, -0.05) is 30.1 Å². The van der Waals surface area contributed by atoms with Crippen molar-refractivity contribution in [2.24, 2.45) is 0 Å². The smallest absolute Gasteiger partial charge is 0.0711 e. The van der Waals surface area contributed by atoms with Crippen LogP contribution in [0.5, 0.6) is 0 Å². The second-order valence-electron chi connectivity index (χ2n) is 2.79. The maximum Gasteiger partial charge on any atom is 0.0711 e. The first-order valence-electron chi connectivity index (χ1n) is 4.03. The second-order valence-corrected chi connectivity index (χ2v) is 3.67. The van der Waals surface area contributed by atoms with E-state index in [0.717, 1.165) is 12.0 Å². The van der Waals surface area contributed by atoms with Gasteiger partial charge in [-0.05, 0) is 30.2 Å². The molecule has 0 saturated heterocycles. The van der Waals surface area contributed by atoms with Crippen molar-refractivity contribution >= 4 is 23.2 Å². The molecule has 0 bridgehead atoms. The summed E-state index contributed by atoms with van der Waals surface area (Å²) < 4.78 is 0. The molecule has 0 amide bonds. The summed E-state index contributed by atoms with van der Waals surface area (Å²) in [5, 5.41) is 9.98. The number of nitrogens with zero attached hydrogens (tertiary/aromatic N) is 1. The van der Waals surface area contributed by atoms with Crippen LogP contribution >= 0.6 is 23.2 Å². The minimum atomic E-state index is -0.115. The van der Waals surface area contributed by atoms with Crippen molar-refractivity contribution in [2.75, 3.05) is 0 Å². The van der Waals surface area contributed by atoms with E-state index in [1.165, 1.54) is 0 Å². The van der Waals surface area contributed by atoms with Crippen molar-refractivity contribution < 1.29 is 0 Å². The molecular weight excluding hydrogens is 205 g/mol. The Hall–Kier alpha value is -0.710. The van der Waals surface area contributed by atoms with E-state index in [0.29, 0.717) is 10.0 Å². The van der Waals surface area contributed by atoms with Crippen molar-refractivity contribution in [1.82, 2.24) is 0 Å². The molecule has 0 fully saturated rings. The van der Waals surface area contributed by atoms with Crippen LogP contribution in [0.15, 0.2) is 18.2 Å². The third-order valence-electron chi connectivity index (χ3n) is 1.85. The summed E-state index contributed by atoms with van der Waals surface area (Å²) >= 11 is 11.6. The number of nitriles is 1. The van der Waals surface area contributed by atoms with Gasteiger partial charge in [0.05, 0.1) is 12.0 Å². The van der Waals surface area contributed by atoms with E-state index in [-0.39, 0.29) is 5.92 Å². The minimum absolute atomic E-state index is 0.115. The highest BCUT2D eigenvalue weighted by Gasteiger charge is 2.09. The van der Waals surface area contributed by atoms with Crippen molar-refractivity contribution in [1.29, 1.82) is 5.26 Å². The second kappa shape index (κ2) is 4.50. The van der Waals surface area contributed by atoms with Gasteiger partial charge in [-0.3, -0.25) is 0 Å². The Morgan fingerprint density at radius 2 is 1.85 bits per heavy atom. The molecular formula is C10H9Cl2N. The standard InChI is InChI=1S/C10H9Cl2N/c1-2-7(6-13)8-3-9(11)5-10(12)4-8/h3-5,7H,2H2,1H3. The molecule has 1 unspecified atom stereocenters. The van der Waals surface area contributed by atoms with Gasteiger partial charge in [0, 0.05) is 10.0 Å². The number of rotatable bonds is 2. The predicted octanol–water partition coefficient (Wildman–Crippen LogP) is 4.01. The molecule has 0 saturated carbocycles. The molecule has 0 N–H and O–H groups in total. The van der Waals surface area contributed by atoms with E-state index in [9.17, 15) is 0 Å². The van der Waals surface area contributed by atoms with E-state index in [4.69, 9.17) is 28.5 Å². The summed E-state index contributed by atoms with van der Waals surface area (Å²) in [7, 11) is 0. The number of benzene rings is 1. The van der Waals surface area contributed by atoms with Crippen molar-refractivity contribution in [3.63, 3.8) is 0 Å². The Bertz CT molecular complexity index is 321. The first kappa shape index (κ1) is 10.4. The van der Waals surface area contributed by atoms with Crippen LogP contribution in [0.25, 0.3) is 0 Å². The van der Waals surface area contributed by atoms with Gasteiger partial charge in [0.1, 0.15) is 0 Å². The number of hydrogen-bond donors (Lipinski definition) is 0. The predicted molar refractivity (Wildman–Crippen MR) is 55.1 cm³/mol. The van der Waals surface area contributed by atoms with Crippen LogP contribution in [0, 0.1) is 11.3 Å². The lowest BCUT2D eigenvalue weighted by Gasteiger charge is -2.06. The molecule has 1 aromatic carbocycles. The maximum absolute atomic E-state index is 8.83. The highest BCUT2D eigenvalue weighted by molar-refractivity contribution is 6.34. The van der Waals surface area contributed by atoms with Gasteiger partial charge in [0.15, 0.2) is 0 Å². The summed E-state index contributed by atoms with van der Waals surface area (Å²) in [4.78, 5) is 0. The molecule has 1 nitrogen and oxygen atoms in total. The van der Waals surface area contributed by atoms with E-state index in [1.54, 1.807) is 18.2 Å². The van der Waals surface area contributed by atoms with E-state index in [1.807, 2.05) is 6.92 Å². The van der Waals surface area contributed by atoms with Gasteiger partial charge in [0.25, 0.3) is 0 Å². The summed E-state index contributed by atoms with van der Waals surface area (Å²) in [6.45, 7) is 1.96. The van der Waals surface area contributed by atoms with Crippen molar-refractivity contribution in [3.8, 4) is 6.07 Å². The molecule has 0 aliphatic carbocycles. The summed E-state index contributed by atoms with van der Waals surface area (Å²) in [6, 6.07) is 7.43. The summed E-state index contributed by atoms with van der Waals surface area (Å²) in [5.41, 5.74) is 0.891. The van der Waals surface area contributed by atoms with Crippen LogP contribution in [-0.2, 0) is 0 Å². The SMILES string of the molecule is CCC(C#N)c1cc(Cl)cc(Cl)c1. The Balaban J connectivity index is 3.08. The van der Waals surface area contributed by atoms with Gasteiger partial charge in [-0.15, -0.1) is 0 Å². The first-order chi connectivity index (χ1) is 6.17. The van der Waals surface area contributed by atoms with E-state index >= 15 is 0 Å².